The molecule has 0 aromatic heterocycles. The Balaban J connectivity index is 1.65. The van der Waals surface area contributed by atoms with Crippen LogP contribution in [0.3, 0.4) is 0 Å². The normalized spacial score (nSPS) is 15.5. The van der Waals surface area contributed by atoms with Crippen molar-refractivity contribution in [2.75, 3.05) is 39.4 Å². The van der Waals surface area contributed by atoms with Gasteiger partial charge in [-0.05, 0) is 29.9 Å². The van der Waals surface area contributed by atoms with Gasteiger partial charge >= 0.3 is 0 Å². The molecule has 0 amide bonds. The summed E-state index contributed by atoms with van der Waals surface area (Å²) in [5, 5.41) is 18.1. The standard InChI is InChI=1S/C14H19N5O3S/c20-19(21)13-3-1-12(2-4-13)11-16-17-14(23)15-5-6-18-7-9-22-10-8-18/h1-4,11H,5-10H2,(H2,15,17,23)/b16-11-. The van der Waals surface area contributed by atoms with Crippen LogP contribution in [0.25, 0.3) is 0 Å². The average molecular weight is 337 g/mol. The van der Waals surface area contributed by atoms with Crippen molar-refractivity contribution in [1.82, 2.24) is 15.6 Å². The number of morpholine rings is 1. The van der Waals surface area contributed by atoms with Crippen molar-refractivity contribution in [3.05, 3.63) is 39.9 Å². The number of nitro groups is 1. The van der Waals surface area contributed by atoms with E-state index in [9.17, 15) is 10.1 Å². The molecule has 1 aromatic rings. The van der Waals surface area contributed by atoms with E-state index in [4.69, 9.17) is 17.0 Å². The number of rotatable bonds is 6. The van der Waals surface area contributed by atoms with E-state index in [0.717, 1.165) is 45.0 Å². The van der Waals surface area contributed by atoms with Crippen molar-refractivity contribution >= 4 is 29.2 Å². The second-order valence-electron chi connectivity index (χ2n) is 4.93. The summed E-state index contributed by atoms with van der Waals surface area (Å²) in [6, 6.07) is 6.11. The number of non-ortho nitro benzene ring substituents is 1. The van der Waals surface area contributed by atoms with E-state index in [-0.39, 0.29) is 5.69 Å². The summed E-state index contributed by atoms with van der Waals surface area (Å²) >= 11 is 5.12. The van der Waals surface area contributed by atoms with Crippen LogP contribution in [0.2, 0.25) is 0 Å². The first-order chi connectivity index (χ1) is 11.1. The quantitative estimate of drug-likeness (QED) is 0.342. The number of nitro benzene ring substituents is 1. The van der Waals surface area contributed by atoms with Gasteiger partial charge in [-0.3, -0.25) is 20.4 Å². The largest absolute Gasteiger partial charge is 0.379 e. The fourth-order valence-electron chi connectivity index (χ4n) is 2.04. The molecule has 0 saturated carbocycles. The van der Waals surface area contributed by atoms with Crippen LogP contribution in [-0.4, -0.2) is 60.5 Å². The highest BCUT2D eigenvalue weighted by Crippen LogP contribution is 2.10. The van der Waals surface area contributed by atoms with Gasteiger partial charge in [-0.2, -0.15) is 5.10 Å². The third-order valence-electron chi connectivity index (χ3n) is 3.30. The number of hydrogen-bond acceptors (Lipinski definition) is 6. The maximum Gasteiger partial charge on any atom is 0.269 e. The third-order valence-corrected chi connectivity index (χ3v) is 3.54. The highest BCUT2D eigenvalue weighted by molar-refractivity contribution is 7.80. The Hall–Kier alpha value is -2.10. The molecule has 124 valence electrons. The number of ether oxygens (including phenoxy) is 1. The summed E-state index contributed by atoms with van der Waals surface area (Å²) in [5.74, 6) is 0. The molecule has 0 bridgehead atoms. The van der Waals surface area contributed by atoms with E-state index in [1.54, 1.807) is 18.3 Å². The van der Waals surface area contributed by atoms with Crippen molar-refractivity contribution in [1.29, 1.82) is 0 Å². The Morgan fingerprint density at radius 1 is 1.39 bits per heavy atom. The van der Waals surface area contributed by atoms with E-state index in [0.29, 0.717) is 5.11 Å². The van der Waals surface area contributed by atoms with Crippen LogP contribution in [-0.2, 0) is 4.74 Å². The first kappa shape index (κ1) is 17.3. The van der Waals surface area contributed by atoms with E-state index in [2.05, 4.69) is 20.7 Å². The van der Waals surface area contributed by atoms with Gasteiger partial charge in [-0.1, -0.05) is 0 Å². The van der Waals surface area contributed by atoms with Gasteiger partial charge in [-0.25, -0.2) is 0 Å². The summed E-state index contributed by atoms with van der Waals surface area (Å²) in [6.07, 6.45) is 1.56. The van der Waals surface area contributed by atoms with Crippen LogP contribution in [0.1, 0.15) is 5.56 Å². The van der Waals surface area contributed by atoms with E-state index in [1.807, 2.05) is 0 Å². The summed E-state index contributed by atoms with van der Waals surface area (Å²) < 4.78 is 5.29. The lowest BCUT2D eigenvalue weighted by molar-refractivity contribution is -0.384. The number of nitrogens with zero attached hydrogens (tertiary/aromatic N) is 3. The van der Waals surface area contributed by atoms with Gasteiger partial charge in [-0.15, -0.1) is 0 Å². The number of nitrogens with one attached hydrogen (secondary N) is 2. The predicted octanol–water partition coefficient (Wildman–Crippen LogP) is 0.725. The number of hydrogen-bond donors (Lipinski definition) is 2. The molecule has 0 radical (unpaired) electrons. The van der Waals surface area contributed by atoms with Gasteiger partial charge in [0.05, 0.1) is 24.4 Å². The van der Waals surface area contributed by atoms with Crippen molar-refractivity contribution in [3.63, 3.8) is 0 Å². The Labute approximate surface area is 139 Å². The minimum Gasteiger partial charge on any atom is -0.379 e. The lowest BCUT2D eigenvalue weighted by Gasteiger charge is -2.26. The fraction of sp³-hybridized carbons (Fsp3) is 0.429. The van der Waals surface area contributed by atoms with E-state index >= 15 is 0 Å². The van der Waals surface area contributed by atoms with Gasteiger partial charge in [0.25, 0.3) is 5.69 Å². The highest BCUT2D eigenvalue weighted by Gasteiger charge is 2.09. The first-order valence-electron chi connectivity index (χ1n) is 7.26. The number of thiocarbonyl (C=S) groups is 1. The molecule has 2 rings (SSSR count). The molecule has 8 nitrogen and oxygen atoms in total. The van der Waals surface area contributed by atoms with Gasteiger partial charge in [0.15, 0.2) is 5.11 Å². The van der Waals surface area contributed by atoms with Crippen LogP contribution in [0, 0.1) is 10.1 Å². The lowest BCUT2D eigenvalue weighted by atomic mass is 10.2. The zero-order valence-corrected chi connectivity index (χ0v) is 13.4. The molecule has 1 fully saturated rings. The Bertz CT molecular complexity index is 558. The second-order valence-corrected chi connectivity index (χ2v) is 5.34. The Morgan fingerprint density at radius 3 is 2.74 bits per heavy atom. The predicted molar refractivity (Wildman–Crippen MR) is 91.7 cm³/mol. The minimum atomic E-state index is -0.438. The summed E-state index contributed by atoms with van der Waals surface area (Å²) in [7, 11) is 0. The van der Waals surface area contributed by atoms with Crippen LogP contribution in [0.15, 0.2) is 29.4 Å². The average Bonchev–Trinajstić information content (AvgIpc) is 2.56. The van der Waals surface area contributed by atoms with Crippen LogP contribution in [0.4, 0.5) is 5.69 Å². The molecule has 1 saturated heterocycles. The Kier molecular flexibility index (Phi) is 6.85. The molecular weight excluding hydrogens is 318 g/mol. The van der Waals surface area contributed by atoms with Crippen LogP contribution < -0.4 is 10.7 Å². The van der Waals surface area contributed by atoms with Gasteiger partial charge in [0.2, 0.25) is 0 Å². The molecule has 0 unspecified atom stereocenters. The molecule has 23 heavy (non-hydrogen) atoms. The molecule has 2 N–H and O–H groups in total. The Morgan fingerprint density at radius 2 is 2.09 bits per heavy atom. The number of benzene rings is 1. The molecule has 0 spiro atoms. The van der Waals surface area contributed by atoms with Crippen LogP contribution >= 0.6 is 12.2 Å². The van der Waals surface area contributed by atoms with Crippen molar-refractivity contribution in [2.24, 2.45) is 5.10 Å². The zero-order chi connectivity index (χ0) is 16.5. The monoisotopic (exact) mass is 337 g/mol. The number of hydrazone groups is 1. The molecule has 1 heterocycles. The highest BCUT2D eigenvalue weighted by atomic mass is 32.1. The topological polar surface area (TPSA) is 92.0 Å². The first-order valence-corrected chi connectivity index (χ1v) is 7.67. The minimum absolute atomic E-state index is 0.0513. The molecule has 1 aliphatic heterocycles. The third kappa shape index (κ3) is 6.27. The van der Waals surface area contributed by atoms with Crippen molar-refractivity contribution in [3.8, 4) is 0 Å². The summed E-state index contributed by atoms with van der Waals surface area (Å²) in [5.41, 5.74) is 3.52. The summed E-state index contributed by atoms with van der Waals surface area (Å²) in [6.45, 7) is 5.08. The van der Waals surface area contributed by atoms with Gasteiger partial charge < -0.3 is 10.1 Å². The summed E-state index contributed by atoms with van der Waals surface area (Å²) in [4.78, 5) is 12.4. The van der Waals surface area contributed by atoms with Crippen molar-refractivity contribution < 1.29 is 9.66 Å². The van der Waals surface area contributed by atoms with Crippen LogP contribution in [0.5, 0.6) is 0 Å². The fourth-order valence-corrected chi connectivity index (χ4v) is 2.19. The van der Waals surface area contributed by atoms with E-state index in [1.165, 1.54) is 12.1 Å². The molecular formula is C14H19N5O3S. The zero-order valence-electron chi connectivity index (χ0n) is 12.6. The molecule has 0 aliphatic carbocycles. The maximum atomic E-state index is 10.6. The van der Waals surface area contributed by atoms with E-state index < -0.39 is 4.92 Å². The SMILES string of the molecule is O=[N+]([O-])c1ccc(/C=N\NC(=S)NCCN2CCOCC2)cc1. The lowest BCUT2D eigenvalue weighted by Crippen LogP contribution is -2.42. The second kappa shape index (κ2) is 9.13. The maximum absolute atomic E-state index is 10.6. The molecule has 1 aromatic carbocycles. The van der Waals surface area contributed by atoms with Gasteiger partial charge in [0.1, 0.15) is 0 Å². The van der Waals surface area contributed by atoms with Crippen molar-refractivity contribution in [2.45, 2.75) is 0 Å². The van der Waals surface area contributed by atoms with Gasteiger partial charge in [0, 0.05) is 38.3 Å². The molecule has 9 heteroatoms. The smallest absolute Gasteiger partial charge is 0.269 e. The molecule has 0 atom stereocenters. The molecule has 1 aliphatic rings.